The van der Waals surface area contributed by atoms with Gasteiger partial charge in [0.2, 0.25) is 5.91 Å². The van der Waals surface area contributed by atoms with Crippen molar-refractivity contribution in [2.24, 2.45) is 5.41 Å². The molecule has 0 atom stereocenters. The van der Waals surface area contributed by atoms with Crippen LogP contribution in [0, 0.1) is 5.41 Å². The molecule has 0 fully saturated rings. The molecule has 0 aliphatic rings. The first-order chi connectivity index (χ1) is 7.95. The topological polar surface area (TPSA) is 46.2 Å². The van der Waals surface area contributed by atoms with Crippen molar-refractivity contribution in [1.82, 2.24) is 0 Å². The Hall–Kier alpha value is -1.35. The number of carbonyl (C=O) groups excluding carboxylic acids is 2. The van der Waals surface area contributed by atoms with Crippen molar-refractivity contribution < 1.29 is 9.59 Å². The van der Waals surface area contributed by atoms with Gasteiger partial charge in [-0.3, -0.25) is 9.59 Å². The number of amides is 1. The zero-order valence-electron chi connectivity index (χ0n) is 10.00. The van der Waals surface area contributed by atoms with E-state index in [1.807, 2.05) is 18.2 Å². The molecular weight excluding hydrogens is 238 g/mol. The molecule has 92 valence electrons. The highest BCUT2D eigenvalue weighted by atomic mass is 35.5. The van der Waals surface area contributed by atoms with Crippen LogP contribution in [0.25, 0.3) is 0 Å². The first-order valence-corrected chi connectivity index (χ1v) is 5.93. The Morgan fingerprint density at radius 1 is 1.24 bits per heavy atom. The molecular formula is C13H16ClNO2. The van der Waals surface area contributed by atoms with Crippen LogP contribution in [0.5, 0.6) is 0 Å². The summed E-state index contributed by atoms with van der Waals surface area (Å²) >= 11 is 5.50. The van der Waals surface area contributed by atoms with Gasteiger partial charge >= 0.3 is 0 Å². The first-order valence-electron chi connectivity index (χ1n) is 5.40. The van der Waals surface area contributed by atoms with Crippen LogP contribution in [0.4, 0.5) is 5.69 Å². The Morgan fingerprint density at radius 3 is 2.35 bits per heavy atom. The minimum absolute atomic E-state index is 0.0639. The Labute approximate surface area is 106 Å². The largest absolute Gasteiger partial charge is 0.326 e. The summed E-state index contributed by atoms with van der Waals surface area (Å²) < 4.78 is 0. The standard InChI is InChI=1S/C13H16ClNO2/c1-13(2,11(16)9-14)8-12(17)15-10-6-4-3-5-7-10/h3-7H,8-9H2,1-2H3,(H,15,17). The Balaban J connectivity index is 2.59. The number of carbonyl (C=O) groups is 2. The van der Waals surface area contributed by atoms with Crippen LogP contribution >= 0.6 is 11.6 Å². The molecule has 4 heteroatoms. The van der Waals surface area contributed by atoms with E-state index in [2.05, 4.69) is 5.32 Å². The van der Waals surface area contributed by atoms with E-state index < -0.39 is 5.41 Å². The van der Waals surface area contributed by atoms with Crippen LogP contribution in [-0.4, -0.2) is 17.6 Å². The van der Waals surface area contributed by atoms with Crippen LogP contribution in [0.15, 0.2) is 30.3 Å². The van der Waals surface area contributed by atoms with Crippen molar-refractivity contribution in [3.05, 3.63) is 30.3 Å². The fraction of sp³-hybridized carbons (Fsp3) is 0.385. The molecule has 1 aromatic carbocycles. The molecule has 0 aromatic heterocycles. The minimum atomic E-state index is -0.722. The van der Waals surface area contributed by atoms with E-state index in [9.17, 15) is 9.59 Å². The number of rotatable bonds is 5. The van der Waals surface area contributed by atoms with Crippen molar-refractivity contribution in [2.75, 3.05) is 11.2 Å². The lowest BCUT2D eigenvalue weighted by Crippen LogP contribution is -2.30. The lowest BCUT2D eigenvalue weighted by atomic mass is 9.85. The van der Waals surface area contributed by atoms with E-state index >= 15 is 0 Å². The normalized spacial score (nSPS) is 11.0. The van der Waals surface area contributed by atoms with Crippen LogP contribution in [-0.2, 0) is 9.59 Å². The van der Waals surface area contributed by atoms with Gasteiger partial charge in [-0.15, -0.1) is 11.6 Å². The van der Waals surface area contributed by atoms with Gasteiger partial charge in [-0.2, -0.15) is 0 Å². The third kappa shape index (κ3) is 4.19. The van der Waals surface area contributed by atoms with Crippen molar-refractivity contribution in [3.8, 4) is 0 Å². The second-order valence-corrected chi connectivity index (χ2v) is 4.80. The lowest BCUT2D eigenvalue weighted by Gasteiger charge is -2.21. The van der Waals surface area contributed by atoms with Crippen LogP contribution in [0.3, 0.4) is 0 Å². The molecule has 3 nitrogen and oxygen atoms in total. The molecule has 0 saturated heterocycles. The Kier molecular flexibility index (Phi) is 4.70. The molecule has 0 heterocycles. The Bertz CT molecular complexity index is 401. The third-order valence-corrected chi connectivity index (χ3v) is 2.78. The smallest absolute Gasteiger partial charge is 0.225 e. The highest BCUT2D eigenvalue weighted by Gasteiger charge is 2.29. The molecule has 1 rings (SSSR count). The summed E-state index contributed by atoms with van der Waals surface area (Å²) in [6.45, 7) is 3.45. The first kappa shape index (κ1) is 13.7. The molecule has 17 heavy (non-hydrogen) atoms. The fourth-order valence-corrected chi connectivity index (χ4v) is 1.77. The number of Topliss-reactive ketones (excluding diaryl/α,β-unsaturated/α-hetero) is 1. The molecule has 1 N–H and O–H groups in total. The van der Waals surface area contributed by atoms with E-state index in [0.29, 0.717) is 0 Å². The molecule has 1 amide bonds. The molecule has 0 saturated carbocycles. The van der Waals surface area contributed by atoms with Crippen LogP contribution < -0.4 is 5.32 Å². The summed E-state index contributed by atoms with van der Waals surface area (Å²) in [4.78, 5) is 23.3. The number of nitrogens with one attached hydrogen (secondary N) is 1. The molecule has 0 spiro atoms. The summed E-state index contributed by atoms with van der Waals surface area (Å²) in [5.74, 6) is -0.368. The lowest BCUT2D eigenvalue weighted by molar-refractivity contribution is -0.129. The second-order valence-electron chi connectivity index (χ2n) is 4.53. The van der Waals surface area contributed by atoms with Crippen LogP contribution in [0.2, 0.25) is 0 Å². The van der Waals surface area contributed by atoms with E-state index in [1.165, 1.54) is 0 Å². The molecule has 0 aliphatic heterocycles. The molecule has 0 radical (unpaired) electrons. The van der Waals surface area contributed by atoms with E-state index in [4.69, 9.17) is 11.6 Å². The monoisotopic (exact) mass is 253 g/mol. The van der Waals surface area contributed by atoms with Gasteiger partial charge in [0, 0.05) is 17.5 Å². The predicted octanol–water partition coefficient (Wildman–Crippen LogP) is 2.85. The maximum Gasteiger partial charge on any atom is 0.225 e. The maximum atomic E-state index is 11.7. The number of para-hydroxylation sites is 1. The van der Waals surface area contributed by atoms with Crippen molar-refractivity contribution >= 4 is 29.0 Å². The van der Waals surface area contributed by atoms with Gasteiger partial charge in [0.25, 0.3) is 0 Å². The zero-order valence-corrected chi connectivity index (χ0v) is 10.8. The Morgan fingerprint density at radius 2 is 1.82 bits per heavy atom. The van der Waals surface area contributed by atoms with E-state index in [-0.39, 0.29) is 24.0 Å². The quantitative estimate of drug-likeness (QED) is 0.821. The highest BCUT2D eigenvalue weighted by Crippen LogP contribution is 2.23. The second kappa shape index (κ2) is 5.82. The zero-order chi connectivity index (χ0) is 12.9. The fourth-order valence-electron chi connectivity index (χ4n) is 1.41. The summed E-state index contributed by atoms with van der Waals surface area (Å²) in [6, 6.07) is 9.15. The van der Waals surface area contributed by atoms with Gasteiger partial charge in [-0.05, 0) is 12.1 Å². The van der Waals surface area contributed by atoms with Gasteiger partial charge in [0.1, 0.15) is 0 Å². The van der Waals surface area contributed by atoms with Gasteiger partial charge in [-0.1, -0.05) is 32.0 Å². The summed E-state index contributed by atoms with van der Waals surface area (Å²) in [7, 11) is 0. The summed E-state index contributed by atoms with van der Waals surface area (Å²) in [5, 5.41) is 2.74. The van der Waals surface area contributed by atoms with Gasteiger partial charge in [0.15, 0.2) is 5.78 Å². The van der Waals surface area contributed by atoms with Crippen molar-refractivity contribution in [1.29, 1.82) is 0 Å². The molecule has 0 aliphatic carbocycles. The average Bonchev–Trinajstić information content (AvgIpc) is 2.28. The SMILES string of the molecule is CC(C)(CC(=O)Nc1ccccc1)C(=O)CCl. The van der Waals surface area contributed by atoms with Crippen LogP contribution in [0.1, 0.15) is 20.3 Å². The number of hydrogen-bond acceptors (Lipinski definition) is 2. The van der Waals surface area contributed by atoms with E-state index in [1.54, 1.807) is 26.0 Å². The van der Waals surface area contributed by atoms with Gasteiger partial charge in [-0.25, -0.2) is 0 Å². The summed E-state index contributed by atoms with van der Waals surface area (Å²) in [5.41, 5.74) is 0.00674. The molecule has 0 unspecified atom stereocenters. The molecule has 1 aromatic rings. The third-order valence-electron chi connectivity index (χ3n) is 2.54. The number of benzene rings is 1. The number of alkyl halides is 1. The highest BCUT2D eigenvalue weighted by molar-refractivity contribution is 6.28. The number of ketones is 1. The van der Waals surface area contributed by atoms with Crippen molar-refractivity contribution in [2.45, 2.75) is 20.3 Å². The average molecular weight is 254 g/mol. The van der Waals surface area contributed by atoms with Gasteiger partial charge < -0.3 is 5.32 Å². The predicted molar refractivity (Wildman–Crippen MR) is 69.2 cm³/mol. The number of halogens is 1. The summed E-state index contributed by atoms with van der Waals surface area (Å²) in [6.07, 6.45) is 0.132. The maximum absolute atomic E-state index is 11.7. The minimum Gasteiger partial charge on any atom is -0.326 e. The number of anilines is 1. The number of hydrogen-bond donors (Lipinski definition) is 1. The van der Waals surface area contributed by atoms with Crippen molar-refractivity contribution in [3.63, 3.8) is 0 Å². The van der Waals surface area contributed by atoms with E-state index in [0.717, 1.165) is 5.69 Å². The molecule has 0 bridgehead atoms. The van der Waals surface area contributed by atoms with Gasteiger partial charge in [0.05, 0.1) is 5.88 Å².